The van der Waals surface area contributed by atoms with E-state index in [9.17, 15) is 13.9 Å². The normalized spacial score (nSPS) is 12.4. The summed E-state index contributed by atoms with van der Waals surface area (Å²) in [6, 6.07) is 5.25. The van der Waals surface area contributed by atoms with Gasteiger partial charge in [-0.15, -0.1) is 0 Å². The molecule has 0 saturated carbocycles. The van der Waals surface area contributed by atoms with Crippen LogP contribution in [0.5, 0.6) is 0 Å². The molecule has 0 radical (unpaired) electrons. The number of aliphatic hydroxyl groups excluding tert-OH is 1. The number of hydrogen-bond donors (Lipinski definition) is 1. The molecule has 0 saturated heterocycles. The lowest BCUT2D eigenvalue weighted by molar-refractivity contribution is 0.257. The summed E-state index contributed by atoms with van der Waals surface area (Å²) < 4.78 is 26.1. The molecule has 0 spiro atoms. The zero-order chi connectivity index (χ0) is 13.8. The van der Waals surface area contributed by atoms with Gasteiger partial charge >= 0.3 is 0 Å². The smallest absolute Gasteiger partial charge is 0.159 e. The molecule has 0 amide bonds. The Morgan fingerprint density at radius 1 is 1.21 bits per heavy atom. The van der Waals surface area contributed by atoms with Gasteiger partial charge in [-0.3, -0.25) is 0 Å². The summed E-state index contributed by atoms with van der Waals surface area (Å²) in [6.45, 7) is 1.88. The molecule has 5 heteroatoms. The van der Waals surface area contributed by atoms with Gasteiger partial charge < -0.3 is 5.11 Å². The average molecular weight is 264 g/mol. The molecule has 0 bridgehead atoms. The Hall–Kier alpha value is -1.88. The fourth-order valence-electron chi connectivity index (χ4n) is 1.78. The zero-order valence-corrected chi connectivity index (χ0v) is 10.5. The third-order valence-electron chi connectivity index (χ3n) is 2.97. The van der Waals surface area contributed by atoms with Crippen LogP contribution in [0.4, 0.5) is 8.78 Å². The molecule has 0 aliphatic rings. The molecular formula is C14H14F2N2O. The third kappa shape index (κ3) is 2.93. The lowest BCUT2D eigenvalue weighted by Crippen LogP contribution is -2.08. The molecule has 1 heterocycles. The summed E-state index contributed by atoms with van der Waals surface area (Å²) in [5.74, 6) is -1.44. The summed E-state index contributed by atoms with van der Waals surface area (Å²) in [6.07, 6.45) is 2.26. The molecule has 1 unspecified atom stereocenters. The highest BCUT2D eigenvalue weighted by Crippen LogP contribution is 2.22. The van der Waals surface area contributed by atoms with Crippen molar-refractivity contribution in [3.63, 3.8) is 0 Å². The van der Waals surface area contributed by atoms with E-state index in [2.05, 4.69) is 9.97 Å². The quantitative estimate of drug-likeness (QED) is 0.923. The first-order valence-corrected chi connectivity index (χ1v) is 6.05. The maximum atomic E-state index is 13.2. The van der Waals surface area contributed by atoms with Crippen molar-refractivity contribution >= 4 is 0 Å². The van der Waals surface area contributed by atoms with Gasteiger partial charge in [0.1, 0.15) is 5.82 Å². The van der Waals surface area contributed by atoms with Crippen molar-refractivity contribution in [1.29, 1.82) is 0 Å². The van der Waals surface area contributed by atoms with E-state index >= 15 is 0 Å². The maximum Gasteiger partial charge on any atom is 0.159 e. The van der Waals surface area contributed by atoms with E-state index in [4.69, 9.17) is 0 Å². The van der Waals surface area contributed by atoms with E-state index in [0.29, 0.717) is 23.5 Å². The van der Waals surface area contributed by atoms with Gasteiger partial charge in [-0.1, -0.05) is 6.92 Å². The van der Waals surface area contributed by atoms with Crippen molar-refractivity contribution in [1.82, 2.24) is 9.97 Å². The Morgan fingerprint density at radius 3 is 2.63 bits per heavy atom. The molecule has 1 atom stereocenters. The van der Waals surface area contributed by atoms with Crippen LogP contribution < -0.4 is 0 Å². The summed E-state index contributed by atoms with van der Waals surface area (Å²) in [4.78, 5) is 8.40. The van der Waals surface area contributed by atoms with Crippen LogP contribution in [0.25, 0.3) is 11.3 Å². The highest BCUT2D eigenvalue weighted by atomic mass is 19.2. The fourth-order valence-corrected chi connectivity index (χ4v) is 1.78. The SMILES string of the molecule is CCC(CO)c1nccc(-c2ccc(F)c(F)c2)n1. The van der Waals surface area contributed by atoms with Crippen molar-refractivity contribution in [3.8, 4) is 11.3 Å². The summed E-state index contributed by atoms with van der Waals surface area (Å²) >= 11 is 0. The van der Waals surface area contributed by atoms with Gasteiger partial charge in [0, 0.05) is 17.7 Å². The first kappa shape index (κ1) is 13.5. The van der Waals surface area contributed by atoms with Gasteiger partial charge in [0.15, 0.2) is 11.6 Å². The minimum absolute atomic E-state index is 0.0439. The lowest BCUT2D eigenvalue weighted by atomic mass is 10.1. The molecule has 1 N–H and O–H groups in total. The third-order valence-corrected chi connectivity index (χ3v) is 2.97. The second-order valence-corrected chi connectivity index (χ2v) is 4.22. The van der Waals surface area contributed by atoms with Gasteiger partial charge in [-0.05, 0) is 30.7 Å². The number of halogens is 2. The van der Waals surface area contributed by atoms with Crippen molar-refractivity contribution in [2.24, 2.45) is 0 Å². The lowest BCUT2D eigenvalue weighted by Gasteiger charge is -2.11. The number of benzene rings is 1. The van der Waals surface area contributed by atoms with Crippen molar-refractivity contribution in [2.75, 3.05) is 6.61 Å². The largest absolute Gasteiger partial charge is 0.396 e. The van der Waals surface area contributed by atoms with Crippen molar-refractivity contribution in [3.05, 3.63) is 47.9 Å². The van der Waals surface area contributed by atoms with E-state index in [1.54, 1.807) is 12.3 Å². The first-order valence-electron chi connectivity index (χ1n) is 6.05. The van der Waals surface area contributed by atoms with Crippen LogP contribution in [0.1, 0.15) is 25.1 Å². The van der Waals surface area contributed by atoms with E-state index < -0.39 is 11.6 Å². The van der Waals surface area contributed by atoms with Crippen LogP contribution in [0, 0.1) is 11.6 Å². The molecule has 0 aliphatic carbocycles. The Morgan fingerprint density at radius 2 is 2.00 bits per heavy atom. The summed E-state index contributed by atoms with van der Waals surface area (Å²) in [5.41, 5.74) is 0.992. The van der Waals surface area contributed by atoms with Gasteiger partial charge in [0.05, 0.1) is 12.3 Å². The Labute approximate surface area is 110 Å². The maximum absolute atomic E-state index is 13.2. The molecule has 2 aromatic rings. The van der Waals surface area contributed by atoms with E-state index in [-0.39, 0.29) is 12.5 Å². The van der Waals surface area contributed by atoms with E-state index in [1.165, 1.54) is 6.07 Å². The highest BCUT2D eigenvalue weighted by Gasteiger charge is 2.13. The van der Waals surface area contributed by atoms with Gasteiger partial charge in [0.2, 0.25) is 0 Å². The van der Waals surface area contributed by atoms with Crippen LogP contribution in [-0.4, -0.2) is 21.7 Å². The molecule has 1 aromatic carbocycles. The Kier molecular flexibility index (Phi) is 4.16. The topological polar surface area (TPSA) is 46.0 Å². The van der Waals surface area contributed by atoms with Crippen LogP contribution in [0.15, 0.2) is 30.5 Å². The average Bonchev–Trinajstić information content (AvgIpc) is 2.44. The molecule has 1 aromatic heterocycles. The van der Waals surface area contributed by atoms with Gasteiger partial charge in [-0.25, -0.2) is 18.7 Å². The second kappa shape index (κ2) is 5.84. The van der Waals surface area contributed by atoms with Crippen LogP contribution >= 0.6 is 0 Å². The van der Waals surface area contributed by atoms with Crippen LogP contribution in [0.3, 0.4) is 0 Å². The van der Waals surface area contributed by atoms with Gasteiger partial charge in [0.25, 0.3) is 0 Å². The van der Waals surface area contributed by atoms with E-state index in [1.807, 2.05) is 6.92 Å². The second-order valence-electron chi connectivity index (χ2n) is 4.22. The van der Waals surface area contributed by atoms with Crippen LogP contribution in [-0.2, 0) is 0 Å². The Balaban J connectivity index is 2.40. The molecule has 0 aliphatic heterocycles. The number of aliphatic hydroxyl groups is 1. The first-order chi connectivity index (χ1) is 9.15. The summed E-state index contributed by atoms with van der Waals surface area (Å²) in [5, 5.41) is 9.23. The minimum atomic E-state index is -0.910. The molecule has 19 heavy (non-hydrogen) atoms. The van der Waals surface area contributed by atoms with Crippen LogP contribution in [0.2, 0.25) is 0 Å². The predicted molar refractivity (Wildman–Crippen MR) is 67.5 cm³/mol. The zero-order valence-electron chi connectivity index (χ0n) is 10.5. The minimum Gasteiger partial charge on any atom is -0.396 e. The molecule has 3 nitrogen and oxygen atoms in total. The molecular weight excluding hydrogens is 250 g/mol. The number of hydrogen-bond acceptors (Lipinski definition) is 3. The number of aromatic nitrogens is 2. The summed E-state index contributed by atoms with van der Waals surface area (Å²) in [7, 11) is 0. The molecule has 100 valence electrons. The molecule has 2 rings (SSSR count). The van der Waals surface area contributed by atoms with Gasteiger partial charge in [-0.2, -0.15) is 0 Å². The Bertz CT molecular complexity index is 571. The fraction of sp³-hybridized carbons (Fsp3) is 0.286. The predicted octanol–water partition coefficient (Wildman–Crippen LogP) is 2.91. The number of rotatable bonds is 4. The van der Waals surface area contributed by atoms with Crippen molar-refractivity contribution < 1.29 is 13.9 Å². The van der Waals surface area contributed by atoms with E-state index in [0.717, 1.165) is 12.1 Å². The molecule has 0 fully saturated rings. The number of nitrogens with zero attached hydrogens (tertiary/aromatic N) is 2. The monoisotopic (exact) mass is 264 g/mol. The highest BCUT2D eigenvalue weighted by molar-refractivity contribution is 5.58. The van der Waals surface area contributed by atoms with Crippen molar-refractivity contribution in [2.45, 2.75) is 19.3 Å². The standard InChI is InChI=1S/C14H14F2N2O/c1-2-9(8-19)14-17-6-5-13(18-14)10-3-4-11(15)12(16)7-10/h3-7,9,19H,2,8H2,1H3.